The normalized spacial score (nSPS) is 16.4. The van der Waals surface area contributed by atoms with Crippen molar-refractivity contribution in [1.29, 1.82) is 0 Å². The summed E-state index contributed by atoms with van der Waals surface area (Å²) < 4.78 is 5.27. The maximum Gasteiger partial charge on any atom is 0.290 e. The fraction of sp³-hybridized carbons (Fsp3) is 0.280. The summed E-state index contributed by atoms with van der Waals surface area (Å²) in [6, 6.07) is 23.2. The lowest BCUT2D eigenvalue weighted by Crippen LogP contribution is -2.52. The molecule has 5 heteroatoms. The molecule has 0 bridgehead atoms. The highest BCUT2D eigenvalue weighted by Crippen LogP contribution is 2.25. The molecule has 1 atom stereocenters. The minimum absolute atomic E-state index is 0.0502. The van der Waals surface area contributed by atoms with Gasteiger partial charge in [-0.25, -0.2) is 0 Å². The van der Waals surface area contributed by atoms with Gasteiger partial charge in [0.15, 0.2) is 5.76 Å². The molecule has 0 saturated carbocycles. The second-order valence-corrected chi connectivity index (χ2v) is 7.61. The van der Waals surface area contributed by atoms with Crippen molar-refractivity contribution in [2.75, 3.05) is 13.1 Å². The SMILES string of the molecule is O=C(NCC(c1ccccc1)c1ccccc1)C1CCCCN1C(=O)c1ccco1. The van der Waals surface area contributed by atoms with Crippen molar-refractivity contribution < 1.29 is 14.0 Å². The van der Waals surface area contributed by atoms with Crippen molar-refractivity contribution in [3.8, 4) is 0 Å². The zero-order chi connectivity index (χ0) is 20.8. The molecular formula is C25H26N2O3. The molecule has 30 heavy (non-hydrogen) atoms. The van der Waals surface area contributed by atoms with Gasteiger partial charge in [-0.2, -0.15) is 0 Å². The van der Waals surface area contributed by atoms with Crippen molar-refractivity contribution >= 4 is 11.8 Å². The minimum atomic E-state index is -0.469. The molecule has 1 aromatic heterocycles. The Balaban J connectivity index is 1.49. The molecule has 1 unspecified atom stereocenters. The average molecular weight is 402 g/mol. The largest absolute Gasteiger partial charge is 0.459 e. The number of hydrogen-bond donors (Lipinski definition) is 1. The van der Waals surface area contributed by atoms with Crippen LogP contribution in [0.4, 0.5) is 0 Å². The molecule has 2 aromatic carbocycles. The fourth-order valence-electron chi connectivity index (χ4n) is 4.11. The van der Waals surface area contributed by atoms with Crippen LogP contribution in [-0.2, 0) is 4.79 Å². The predicted molar refractivity (Wildman–Crippen MR) is 115 cm³/mol. The van der Waals surface area contributed by atoms with Crippen LogP contribution in [0.1, 0.15) is 46.9 Å². The molecule has 0 spiro atoms. The first-order chi connectivity index (χ1) is 14.7. The number of hydrogen-bond acceptors (Lipinski definition) is 3. The quantitative estimate of drug-likeness (QED) is 0.671. The number of benzene rings is 2. The van der Waals surface area contributed by atoms with Gasteiger partial charge in [0, 0.05) is 19.0 Å². The summed E-state index contributed by atoms with van der Waals surface area (Å²) >= 11 is 0. The Kier molecular flexibility index (Phi) is 6.28. The Hall–Kier alpha value is -3.34. The first-order valence-electron chi connectivity index (χ1n) is 10.5. The number of amides is 2. The van der Waals surface area contributed by atoms with Crippen molar-refractivity contribution in [1.82, 2.24) is 10.2 Å². The lowest BCUT2D eigenvalue weighted by atomic mass is 9.91. The van der Waals surface area contributed by atoms with Crippen LogP contribution in [0.3, 0.4) is 0 Å². The Bertz CT molecular complexity index is 915. The van der Waals surface area contributed by atoms with Gasteiger partial charge in [0.25, 0.3) is 5.91 Å². The van der Waals surface area contributed by atoms with Crippen molar-refractivity contribution in [2.45, 2.75) is 31.2 Å². The Morgan fingerprint density at radius 2 is 1.60 bits per heavy atom. The molecule has 3 aromatic rings. The van der Waals surface area contributed by atoms with Crippen LogP contribution in [0.15, 0.2) is 83.5 Å². The van der Waals surface area contributed by atoms with Crippen LogP contribution in [-0.4, -0.2) is 35.8 Å². The molecule has 1 aliphatic heterocycles. The van der Waals surface area contributed by atoms with E-state index in [1.165, 1.54) is 6.26 Å². The number of piperidine rings is 1. The first-order valence-corrected chi connectivity index (χ1v) is 10.5. The van der Waals surface area contributed by atoms with Crippen LogP contribution in [0, 0.1) is 0 Å². The molecule has 0 radical (unpaired) electrons. The van der Waals surface area contributed by atoms with E-state index in [1.54, 1.807) is 17.0 Å². The van der Waals surface area contributed by atoms with Gasteiger partial charge in [-0.15, -0.1) is 0 Å². The third-order valence-corrected chi connectivity index (χ3v) is 5.68. The van der Waals surface area contributed by atoms with E-state index in [0.717, 1.165) is 24.0 Å². The molecule has 2 amide bonds. The van der Waals surface area contributed by atoms with E-state index in [0.29, 0.717) is 19.5 Å². The second-order valence-electron chi connectivity index (χ2n) is 7.61. The number of carbonyl (C=O) groups excluding carboxylic acids is 2. The third-order valence-electron chi connectivity index (χ3n) is 5.68. The van der Waals surface area contributed by atoms with E-state index in [-0.39, 0.29) is 23.5 Å². The number of nitrogens with zero attached hydrogens (tertiary/aromatic N) is 1. The minimum Gasteiger partial charge on any atom is -0.459 e. The maximum atomic E-state index is 13.1. The third kappa shape index (κ3) is 4.46. The first kappa shape index (κ1) is 20.0. The maximum absolute atomic E-state index is 13.1. The summed E-state index contributed by atoms with van der Waals surface area (Å²) in [5.41, 5.74) is 2.30. The number of furan rings is 1. The standard InChI is InChI=1S/C25H26N2O3/c28-24(22-14-7-8-16-27(22)25(29)23-15-9-17-30-23)26-18-21(19-10-3-1-4-11-19)20-12-5-2-6-13-20/h1-6,9-13,15,17,21-22H,7-8,14,16,18H2,(H,26,28). The smallest absolute Gasteiger partial charge is 0.290 e. The zero-order valence-electron chi connectivity index (χ0n) is 16.9. The number of carbonyl (C=O) groups is 2. The number of likely N-dealkylation sites (tertiary alicyclic amines) is 1. The van der Waals surface area contributed by atoms with E-state index in [2.05, 4.69) is 29.6 Å². The summed E-state index contributed by atoms with van der Waals surface area (Å²) in [7, 11) is 0. The Morgan fingerprint density at radius 3 is 2.20 bits per heavy atom. The summed E-state index contributed by atoms with van der Waals surface area (Å²) in [5, 5.41) is 3.12. The van der Waals surface area contributed by atoms with Gasteiger partial charge in [-0.05, 0) is 42.5 Å². The fourth-order valence-corrected chi connectivity index (χ4v) is 4.11. The molecular weight excluding hydrogens is 376 g/mol. The molecule has 1 N–H and O–H groups in total. The monoisotopic (exact) mass is 402 g/mol. The van der Waals surface area contributed by atoms with E-state index in [9.17, 15) is 9.59 Å². The van der Waals surface area contributed by atoms with Gasteiger partial charge in [0.2, 0.25) is 5.91 Å². The van der Waals surface area contributed by atoms with Crippen molar-refractivity contribution in [3.63, 3.8) is 0 Å². The lowest BCUT2D eigenvalue weighted by Gasteiger charge is -2.34. The summed E-state index contributed by atoms with van der Waals surface area (Å²) in [6.07, 6.45) is 3.98. The van der Waals surface area contributed by atoms with Gasteiger partial charge in [-0.1, -0.05) is 60.7 Å². The van der Waals surface area contributed by atoms with Crippen LogP contribution in [0.25, 0.3) is 0 Å². The van der Waals surface area contributed by atoms with E-state index in [4.69, 9.17) is 4.42 Å². The van der Waals surface area contributed by atoms with E-state index < -0.39 is 6.04 Å². The number of nitrogens with one attached hydrogen (secondary N) is 1. The highest BCUT2D eigenvalue weighted by atomic mass is 16.3. The second kappa shape index (κ2) is 9.44. The summed E-state index contributed by atoms with van der Waals surface area (Å²) in [5.74, 6) is 0.00398. The predicted octanol–water partition coefficient (Wildman–Crippen LogP) is 4.22. The van der Waals surface area contributed by atoms with Crippen LogP contribution >= 0.6 is 0 Å². The van der Waals surface area contributed by atoms with E-state index in [1.807, 2.05) is 36.4 Å². The molecule has 154 valence electrons. The van der Waals surface area contributed by atoms with Crippen LogP contribution in [0.5, 0.6) is 0 Å². The van der Waals surface area contributed by atoms with Crippen molar-refractivity contribution in [3.05, 3.63) is 95.9 Å². The molecule has 1 aliphatic rings. The van der Waals surface area contributed by atoms with Crippen molar-refractivity contribution in [2.24, 2.45) is 0 Å². The Morgan fingerprint density at radius 1 is 0.933 bits per heavy atom. The molecule has 2 heterocycles. The van der Waals surface area contributed by atoms with Gasteiger partial charge >= 0.3 is 0 Å². The summed E-state index contributed by atoms with van der Waals surface area (Å²) in [4.78, 5) is 27.6. The molecule has 0 aliphatic carbocycles. The lowest BCUT2D eigenvalue weighted by molar-refractivity contribution is -0.126. The molecule has 1 fully saturated rings. The molecule has 1 saturated heterocycles. The van der Waals surface area contributed by atoms with Gasteiger partial charge < -0.3 is 14.6 Å². The van der Waals surface area contributed by atoms with Gasteiger partial charge in [0.05, 0.1) is 6.26 Å². The topological polar surface area (TPSA) is 62.6 Å². The van der Waals surface area contributed by atoms with Crippen LogP contribution in [0.2, 0.25) is 0 Å². The highest BCUT2D eigenvalue weighted by Gasteiger charge is 2.33. The summed E-state index contributed by atoms with van der Waals surface area (Å²) in [6.45, 7) is 1.05. The van der Waals surface area contributed by atoms with Crippen LogP contribution < -0.4 is 5.32 Å². The van der Waals surface area contributed by atoms with E-state index >= 15 is 0 Å². The number of rotatable bonds is 6. The zero-order valence-corrected chi connectivity index (χ0v) is 16.9. The highest BCUT2D eigenvalue weighted by molar-refractivity contribution is 5.95. The average Bonchev–Trinajstić information content (AvgIpc) is 3.35. The van der Waals surface area contributed by atoms with Gasteiger partial charge in [-0.3, -0.25) is 9.59 Å². The molecule has 4 rings (SSSR count). The molecule has 5 nitrogen and oxygen atoms in total. The van der Waals surface area contributed by atoms with Gasteiger partial charge in [0.1, 0.15) is 6.04 Å². The Labute approximate surface area is 176 Å².